The van der Waals surface area contributed by atoms with Crippen LogP contribution in [0.25, 0.3) is 6.08 Å². The van der Waals surface area contributed by atoms with Crippen molar-refractivity contribution in [3.8, 4) is 0 Å². The van der Waals surface area contributed by atoms with Gasteiger partial charge in [-0.3, -0.25) is 29.6 Å². The molecule has 0 atom stereocenters. The first-order valence-corrected chi connectivity index (χ1v) is 8.93. The van der Waals surface area contributed by atoms with Crippen LogP contribution in [0.15, 0.2) is 46.3 Å². The van der Waals surface area contributed by atoms with E-state index in [1.54, 1.807) is 30.9 Å². The van der Waals surface area contributed by atoms with Crippen LogP contribution >= 0.6 is 11.8 Å². The fraction of sp³-hybridized carbons (Fsp3) is 0.211. The van der Waals surface area contributed by atoms with Crippen LogP contribution in [0.4, 0.5) is 0 Å². The molecule has 1 aromatic carbocycles. The Bertz CT molecular complexity index is 929. The van der Waals surface area contributed by atoms with Crippen molar-refractivity contribution in [3.63, 3.8) is 0 Å². The standard InChI is InChI=1S/C19H20N4O2S/c1-12-10-15(11-16-18(25)22(4)19(20-3)26-16)13(2)23(12)21-17(24)14-8-6-5-7-9-14/h5-11H,1-4H3,(H,21,24)/b16-11-,20-19?. The highest BCUT2D eigenvalue weighted by Gasteiger charge is 2.30. The van der Waals surface area contributed by atoms with E-state index in [0.29, 0.717) is 15.6 Å². The number of aryl methyl sites for hydroxylation is 1. The van der Waals surface area contributed by atoms with E-state index in [0.717, 1.165) is 17.0 Å². The number of carbonyl (C=O) groups is 2. The second kappa shape index (κ2) is 7.21. The van der Waals surface area contributed by atoms with E-state index in [1.807, 2.05) is 44.2 Å². The molecule has 0 aliphatic carbocycles. The predicted octanol–water partition coefficient (Wildman–Crippen LogP) is 3.02. The van der Waals surface area contributed by atoms with Gasteiger partial charge >= 0.3 is 0 Å². The van der Waals surface area contributed by atoms with Gasteiger partial charge in [0, 0.05) is 31.0 Å². The van der Waals surface area contributed by atoms with Gasteiger partial charge in [-0.25, -0.2) is 0 Å². The van der Waals surface area contributed by atoms with Crippen LogP contribution in [0.1, 0.15) is 27.3 Å². The molecular weight excluding hydrogens is 348 g/mol. The Morgan fingerprint density at radius 2 is 1.92 bits per heavy atom. The summed E-state index contributed by atoms with van der Waals surface area (Å²) in [7, 11) is 3.38. The van der Waals surface area contributed by atoms with Gasteiger partial charge in [-0.2, -0.15) is 0 Å². The van der Waals surface area contributed by atoms with E-state index in [-0.39, 0.29) is 11.8 Å². The molecule has 1 fully saturated rings. The Kier molecular flexibility index (Phi) is 4.99. The zero-order valence-electron chi connectivity index (χ0n) is 15.1. The van der Waals surface area contributed by atoms with E-state index in [1.165, 1.54) is 16.7 Å². The molecule has 0 bridgehead atoms. The number of nitrogens with one attached hydrogen (secondary N) is 1. The first-order chi connectivity index (χ1) is 12.4. The van der Waals surface area contributed by atoms with E-state index in [4.69, 9.17) is 0 Å². The normalized spacial score (nSPS) is 17.4. The van der Waals surface area contributed by atoms with Gasteiger partial charge < -0.3 is 0 Å². The maximum Gasteiger partial charge on any atom is 0.270 e. The minimum atomic E-state index is -0.182. The summed E-state index contributed by atoms with van der Waals surface area (Å²) < 4.78 is 1.74. The number of nitrogens with zero attached hydrogens (tertiary/aromatic N) is 3. The van der Waals surface area contributed by atoms with Crippen molar-refractivity contribution >= 4 is 34.8 Å². The van der Waals surface area contributed by atoms with Crippen molar-refractivity contribution in [2.75, 3.05) is 19.5 Å². The molecule has 7 heteroatoms. The summed E-state index contributed by atoms with van der Waals surface area (Å²) in [5, 5.41) is 0.674. The average molecular weight is 368 g/mol. The summed E-state index contributed by atoms with van der Waals surface area (Å²) in [6.45, 7) is 3.82. The molecule has 2 aromatic rings. The third-order valence-corrected chi connectivity index (χ3v) is 5.35. The maximum atomic E-state index is 12.4. The molecule has 0 spiro atoms. The van der Waals surface area contributed by atoms with E-state index in [9.17, 15) is 9.59 Å². The van der Waals surface area contributed by atoms with Gasteiger partial charge in [-0.05, 0) is 55.4 Å². The Morgan fingerprint density at radius 1 is 1.23 bits per heavy atom. The average Bonchev–Trinajstić information content (AvgIpc) is 3.07. The first-order valence-electron chi connectivity index (χ1n) is 8.12. The molecule has 1 aliphatic rings. The lowest BCUT2D eigenvalue weighted by molar-refractivity contribution is -0.121. The number of hydrogen-bond donors (Lipinski definition) is 1. The van der Waals surface area contributed by atoms with Crippen LogP contribution in [0.3, 0.4) is 0 Å². The molecular formula is C19H20N4O2S. The van der Waals surface area contributed by atoms with Gasteiger partial charge in [0.2, 0.25) is 0 Å². The third-order valence-electron chi connectivity index (χ3n) is 4.20. The predicted molar refractivity (Wildman–Crippen MR) is 106 cm³/mol. The topological polar surface area (TPSA) is 66.7 Å². The number of amides is 2. The Labute approximate surface area is 156 Å². The van der Waals surface area contributed by atoms with Gasteiger partial charge in [0.15, 0.2) is 5.17 Å². The summed E-state index contributed by atoms with van der Waals surface area (Å²) in [6.07, 6.45) is 1.84. The molecule has 0 radical (unpaired) electrons. The monoisotopic (exact) mass is 368 g/mol. The number of benzene rings is 1. The summed E-state index contributed by atoms with van der Waals surface area (Å²) in [5.41, 5.74) is 6.12. The van der Waals surface area contributed by atoms with Crippen molar-refractivity contribution in [1.29, 1.82) is 0 Å². The lowest BCUT2D eigenvalue weighted by Gasteiger charge is -2.11. The lowest BCUT2D eigenvalue weighted by atomic mass is 10.2. The highest BCUT2D eigenvalue weighted by Crippen LogP contribution is 2.32. The molecule has 1 saturated heterocycles. The summed E-state index contributed by atoms with van der Waals surface area (Å²) in [4.78, 5) is 31.0. The zero-order valence-corrected chi connectivity index (χ0v) is 15.9. The van der Waals surface area contributed by atoms with Gasteiger partial charge in [0.1, 0.15) is 0 Å². The van der Waals surface area contributed by atoms with Crippen LogP contribution in [0.5, 0.6) is 0 Å². The number of hydrogen-bond acceptors (Lipinski definition) is 4. The van der Waals surface area contributed by atoms with Crippen molar-refractivity contribution in [1.82, 2.24) is 9.58 Å². The van der Waals surface area contributed by atoms with Crippen LogP contribution < -0.4 is 5.43 Å². The highest BCUT2D eigenvalue weighted by atomic mass is 32.2. The molecule has 0 saturated carbocycles. The van der Waals surface area contributed by atoms with Crippen molar-refractivity contribution in [2.45, 2.75) is 13.8 Å². The van der Waals surface area contributed by atoms with Gasteiger partial charge in [0.25, 0.3) is 11.8 Å². The minimum Gasteiger partial charge on any atom is -0.290 e. The number of aliphatic imine (C=N–C) groups is 1. The number of amidine groups is 1. The second-order valence-electron chi connectivity index (χ2n) is 5.95. The molecule has 2 amide bonds. The Hall–Kier alpha value is -2.80. The van der Waals surface area contributed by atoms with Crippen LogP contribution in [-0.2, 0) is 4.79 Å². The maximum absolute atomic E-state index is 12.4. The molecule has 1 N–H and O–H groups in total. The van der Waals surface area contributed by atoms with Crippen molar-refractivity contribution in [2.24, 2.45) is 4.99 Å². The van der Waals surface area contributed by atoms with E-state index >= 15 is 0 Å². The second-order valence-corrected chi connectivity index (χ2v) is 6.96. The largest absolute Gasteiger partial charge is 0.290 e. The number of rotatable bonds is 3. The molecule has 1 aliphatic heterocycles. The molecule has 1 aromatic heterocycles. The third kappa shape index (κ3) is 3.30. The van der Waals surface area contributed by atoms with Gasteiger partial charge in [0.05, 0.1) is 4.91 Å². The Balaban J connectivity index is 1.88. The minimum absolute atomic E-state index is 0.0753. The highest BCUT2D eigenvalue weighted by molar-refractivity contribution is 8.18. The van der Waals surface area contributed by atoms with Crippen LogP contribution in [0, 0.1) is 13.8 Å². The van der Waals surface area contributed by atoms with Crippen molar-refractivity contribution in [3.05, 3.63) is 63.8 Å². The van der Waals surface area contributed by atoms with Crippen LogP contribution in [-0.4, -0.2) is 40.7 Å². The molecule has 6 nitrogen and oxygen atoms in total. The summed E-state index contributed by atoms with van der Waals surface area (Å²) in [6, 6.07) is 11.0. The smallest absolute Gasteiger partial charge is 0.270 e. The molecule has 26 heavy (non-hydrogen) atoms. The quantitative estimate of drug-likeness (QED) is 0.847. The molecule has 0 unspecified atom stereocenters. The van der Waals surface area contributed by atoms with Crippen LogP contribution in [0.2, 0.25) is 0 Å². The first kappa shape index (κ1) is 18.0. The number of likely N-dealkylation sites (N-methyl/N-ethyl adjacent to an activating group) is 1. The summed E-state index contributed by atoms with van der Waals surface area (Å²) in [5.74, 6) is -0.258. The SMILES string of the molecule is CN=C1S/C(=C\c2cc(C)n(NC(=O)c3ccccc3)c2C)C(=O)N1C. The number of carbonyl (C=O) groups excluding carboxylic acids is 2. The molecule has 2 heterocycles. The van der Waals surface area contributed by atoms with E-state index < -0.39 is 0 Å². The lowest BCUT2D eigenvalue weighted by Crippen LogP contribution is -2.24. The fourth-order valence-electron chi connectivity index (χ4n) is 2.75. The Morgan fingerprint density at radius 3 is 2.54 bits per heavy atom. The van der Waals surface area contributed by atoms with Gasteiger partial charge in [-0.1, -0.05) is 18.2 Å². The number of aromatic nitrogens is 1. The van der Waals surface area contributed by atoms with Gasteiger partial charge in [-0.15, -0.1) is 0 Å². The van der Waals surface area contributed by atoms with E-state index in [2.05, 4.69) is 10.4 Å². The summed E-state index contributed by atoms with van der Waals surface area (Å²) >= 11 is 1.35. The molecule has 134 valence electrons. The molecule has 3 rings (SSSR count). The fourth-order valence-corrected chi connectivity index (χ4v) is 3.67. The zero-order chi connectivity index (χ0) is 18.8. The van der Waals surface area contributed by atoms with Crippen molar-refractivity contribution < 1.29 is 9.59 Å². The number of thioether (sulfide) groups is 1.